The monoisotopic (exact) mass is 172 g/mol. The molecule has 1 rings (SSSR count). The second-order valence-corrected chi connectivity index (χ2v) is 2.35. The minimum absolute atomic E-state index is 0.0147. The molecule has 1 aromatic rings. The first kappa shape index (κ1) is 7.94. The highest BCUT2D eigenvalue weighted by molar-refractivity contribution is 6.32. The van der Waals surface area contributed by atoms with E-state index in [9.17, 15) is 4.79 Å². The number of hydrogen-bond donors (Lipinski definition) is 1. The van der Waals surface area contributed by atoms with E-state index in [0.29, 0.717) is 5.69 Å². The molecule has 4 nitrogen and oxygen atoms in total. The fraction of sp³-hybridized carbons (Fsp3) is 0.167. The second-order valence-electron chi connectivity index (χ2n) is 2.00. The van der Waals surface area contributed by atoms with Crippen LogP contribution < -0.4 is 0 Å². The maximum Gasteiger partial charge on any atom is 0.338 e. The van der Waals surface area contributed by atoms with Gasteiger partial charge in [0, 0.05) is 0 Å². The summed E-state index contributed by atoms with van der Waals surface area (Å²) in [6.07, 6.45) is 0. The average molecular weight is 173 g/mol. The lowest BCUT2D eigenvalue weighted by Gasteiger charge is -1.96. The van der Waals surface area contributed by atoms with Crippen molar-refractivity contribution in [3.63, 3.8) is 0 Å². The molecular weight excluding hydrogens is 168 g/mol. The number of carbonyl (C=O) groups is 1. The minimum atomic E-state index is -1.09. The highest BCUT2D eigenvalue weighted by Crippen LogP contribution is 2.11. The van der Waals surface area contributed by atoms with E-state index in [2.05, 4.69) is 10.2 Å². The standard InChI is InChI=1S/C6H5ClN2O2/c1-3-2-4(6(10)11)5(7)9-8-3/h2H,1H3,(H,10,11). The minimum Gasteiger partial charge on any atom is -0.478 e. The van der Waals surface area contributed by atoms with Gasteiger partial charge in [-0.25, -0.2) is 4.79 Å². The summed E-state index contributed by atoms with van der Waals surface area (Å²) in [6, 6.07) is 1.37. The third-order valence-electron chi connectivity index (χ3n) is 1.10. The van der Waals surface area contributed by atoms with Gasteiger partial charge in [-0.2, -0.15) is 5.10 Å². The first-order chi connectivity index (χ1) is 5.11. The first-order valence-electron chi connectivity index (χ1n) is 2.84. The van der Waals surface area contributed by atoms with Crippen LogP contribution in [0, 0.1) is 6.92 Å². The normalized spacial score (nSPS) is 9.64. The van der Waals surface area contributed by atoms with E-state index in [1.54, 1.807) is 6.92 Å². The van der Waals surface area contributed by atoms with Gasteiger partial charge in [0.05, 0.1) is 5.69 Å². The molecule has 1 aromatic heterocycles. The van der Waals surface area contributed by atoms with E-state index in [0.717, 1.165) is 0 Å². The van der Waals surface area contributed by atoms with Crippen molar-refractivity contribution in [2.24, 2.45) is 0 Å². The highest BCUT2D eigenvalue weighted by atomic mass is 35.5. The highest BCUT2D eigenvalue weighted by Gasteiger charge is 2.09. The number of carboxylic acids is 1. The number of halogens is 1. The van der Waals surface area contributed by atoms with Crippen molar-refractivity contribution in [3.8, 4) is 0 Å². The first-order valence-corrected chi connectivity index (χ1v) is 3.22. The summed E-state index contributed by atoms with van der Waals surface area (Å²) >= 11 is 5.44. The Kier molecular flexibility index (Phi) is 2.05. The number of aryl methyl sites for hydroxylation is 1. The Morgan fingerprint density at radius 1 is 1.64 bits per heavy atom. The van der Waals surface area contributed by atoms with Crippen LogP contribution in [0.15, 0.2) is 6.07 Å². The summed E-state index contributed by atoms with van der Waals surface area (Å²) in [7, 11) is 0. The molecule has 0 radical (unpaired) electrons. The zero-order valence-corrected chi connectivity index (χ0v) is 6.46. The predicted octanol–water partition coefficient (Wildman–Crippen LogP) is 1.14. The molecule has 0 spiro atoms. The number of aromatic carboxylic acids is 1. The molecule has 1 N–H and O–H groups in total. The third-order valence-corrected chi connectivity index (χ3v) is 1.38. The van der Waals surface area contributed by atoms with Gasteiger partial charge in [0.15, 0.2) is 5.15 Å². The Bertz CT molecular complexity index is 301. The van der Waals surface area contributed by atoms with E-state index in [-0.39, 0.29) is 10.7 Å². The molecule has 0 aliphatic rings. The molecule has 58 valence electrons. The van der Waals surface area contributed by atoms with Crippen molar-refractivity contribution < 1.29 is 9.90 Å². The molecule has 5 heteroatoms. The summed E-state index contributed by atoms with van der Waals surface area (Å²) in [5.74, 6) is -1.09. The fourth-order valence-corrected chi connectivity index (χ4v) is 0.797. The summed E-state index contributed by atoms with van der Waals surface area (Å²) in [6.45, 7) is 1.65. The SMILES string of the molecule is Cc1cc(C(=O)O)c(Cl)nn1. The van der Waals surface area contributed by atoms with Gasteiger partial charge in [-0.1, -0.05) is 11.6 Å². The van der Waals surface area contributed by atoms with E-state index in [1.165, 1.54) is 6.07 Å². The number of rotatable bonds is 1. The lowest BCUT2D eigenvalue weighted by Crippen LogP contribution is -2.01. The van der Waals surface area contributed by atoms with Gasteiger partial charge in [-0.3, -0.25) is 0 Å². The van der Waals surface area contributed by atoms with E-state index in [4.69, 9.17) is 16.7 Å². The largest absolute Gasteiger partial charge is 0.478 e. The maximum absolute atomic E-state index is 10.4. The summed E-state index contributed by atoms with van der Waals surface area (Å²) < 4.78 is 0. The van der Waals surface area contributed by atoms with Crippen molar-refractivity contribution >= 4 is 17.6 Å². The smallest absolute Gasteiger partial charge is 0.338 e. The lowest BCUT2D eigenvalue weighted by molar-refractivity contribution is 0.0696. The molecule has 0 aliphatic carbocycles. The molecule has 0 atom stereocenters. The molecule has 0 saturated carbocycles. The molecule has 11 heavy (non-hydrogen) atoms. The number of aromatic nitrogens is 2. The van der Waals surface area contributed by atoms with Gasteiger partial charge < -0.3 is 5.11 Å². The van der Waals surface area contributed by atoms with E-state index < -0.39 is 5.97 Å². The quantitative estimate of drug-likeness (QED) is 0.690. The van der Waals surface area contributed by atoms with Crippen molar-refractivity contribution in [3.05, 3.63) is 22.5 Å². The summed E-state index contributed by atoms with van der Waals surface area (Å²) in [4.78, 5) is 10.4. The van der Waals surface area contributed by atoms with Gasteiger partial charge in [0.25, 0.3) is 0 Å². The van der Waals surface area contributed by atoms with Gasteiger partial charge in [0.1, 0.15) is 5.56 Å². The fourth-order valence-electron chi connectivity index (χ4n) is 0.624. The third kappa shape index (κ3) is 1.65. The zero-order chi connectivity index (χ0) is 8.43. The van der Waals surface area contributed by atoms with Crippen LogP contribution in [0.25, 0.3) is 0 Å². The molecule has 0 aromatic carbocycles. The van der Waals surface area contributed by atoms with Crippen molar-refractivity contribution in [2.45, 2.75) is 6.92 Å². The number of carboxylic acid groups (broad SMARTS) is 1. The Morgan fingerprint density at radius 3 is 2.73 bits per heavy atom. The molecule has 0 bridgehead atoms. The molecule has 0 fully saturated rings. The van der Waals surface area contributed by atoms with Crippen molar-refractivity contribution in [1.82, 2.24) is 10.2 Å². The maximum atomic E-state index is 10.4. The topological polar surface area (TPSA) is 63.1 Å². The van der Waals surface area contributed by atoms with Crippen LogP contribution in [0.5, 0.6) is 0 Å². The van der Waals surface area contributed by atoms with Gasteiger partial charge in [-0.15, -0.1) is 5.10 Å². The Balaban J connectivity index is 3.23. The molecule has 0 unspecified atom stereocenters. The molecule has 0 aliphatic heterocycles. The van der Waals surface area contributed by atoms with Crippen molar-refractivity contribution in [1.29, 1.82) is 0 Å². The molecule has 0 amide bonds. The van der Waals surface area contributed by atoms with E-state index in [1.807, 2.05) is 0 Å². The van der Waals surface area contributed by atoms with Crippen LogP contribution in [-0.4, -0.2) is 21.3 Å². The predicted molar refractivity (Wildman–Crippen MR) is 38.7 cm³/mol. The van der Waals surface area contributed by atoms with Gasteiger partial charge >= 0.3 is 5.97 Å². The number of hydrogen-bond acceptors (Lipinski definition) is 3. The summed E-state index contributed by atoms with van der Waals surface area (Å²) in [5, 5.41) is 15.5. The van der Waals surface area contributed by atoms with Crippen molar-refractivity contribution in [2.75, 3.05) is 0 Å². The summed E-state index contributed by atoms with van der Waals surface area (Å²) in [5.41, 5.74) is 0.519. The lowest BCUT2D eigenvalue weighted by atomic mass is 10.3. The Labute approximate surface area is 67.8 Å². The van der Waals surface area contributed by atoms with Crippen LogP contribution in [0.2, 0.25) is 5.15 Å². The van der Waals surface area contributed by atoms with E-state index >= 15 is 0 Å². The Morgan fingerprint density at radius 2 is 2.27 bits per heavy atom. The van der Waals surface area contributed by atoms with Gasteiger partial charge in [-0.05, 0) is 13.0 Å². The van der Waals surface area contributed by atoms with Gasteiger partial charge in [0.2, 0.25) is 0 Å². The van der Waals surface area contributed by atoms with Crippen LogP contribution >= 0.6 is 11.6 Å². The van der Waals surface area contributed by atoms with Crippen LogP contribution in [0.3, 0.4) is 0 Å². The Hall–Kier alpha value is -1.16. The molecule has 1 heterocycles. The van der Waals surface area contributed by atoms with Crippen LogP contribution in [0.1, 0.15) is 16.1 Å². The second kappa shape index (κ2) is 2.84. The molecule has 0 saturated heterocycles. The van der Waals surface area contributed by atoms with Crippen LogP contribution in [-0.2, 0) is 0 Å². The average Bonchev–Trinajstić information content (AvgIpc) is 1.94. The zero-order valence-electron chi connectivity index (χ0n) is 5.71. The molecular formula is C6H5ClN2O2. The van der Waals surface area contributed by atoms with Crippen LogP contribution in [0.4, 0.5) is 0 Å². The number of nitrogens with zero attached hydrogens (tertiary/aromatic N) is 2.